The van der Waals surface area contributed by atoms with Gasteiger partial charge in [-0.15, -0.1) is 16.9 Å². The Bertz CT molecular complexity index is 769. The van der Waals surface area contributed by atoms with E-state index >= 15 is 0 Å². The van der Waals surface area contributed by atoms with Crippen LogP contribution >= 0.6 is 11.8 Å². The van der Waals surface area contributed by atoms with Crippen LogP contribution in [0.5, 0.6) is 0 Å². The van der Waals surface area contributed by atoms with Gasteiger partial charge in [-0.3, -0.25) is 4.79 Å². The molecule has 0 aliphatic carbocycles. The van der Waals surface area contributed by atoms with Crippen molar-refractivity contribution in [1.29, 1.82) is 0 Å². The number of piperidine rings is 1. The Labute approximate surface area is 158 Å². The molecule has 1 atom stereocenters. The molecule has 1 amide bonds. The lowest BCUT2D eigenvalue weighted by atomic mass is 9.99. The zero-order valence-corrected chi connectivity index (χ0v) is 16.0. The molecule has 1 aromatic carbocycles. The number of tetrazole rings is 1. The van der Waals surface area contributed by atoms with Crippen LogP contribution in [0.4, 0.5) is 0 Å². The third-order valence-corrected chi connectivity index (χ3v) is 6.66. The SMILES string of the molecule is Cc1cccc(SC2CCN(C(=O)[C@@H]3CCCCn4nnnc43)CC2)c1. The van der Waals surface area contributed by atoms with Crippen LogP contribution in [0.1, 0.15) is 49.4 Å². The molecular formula is C19H25N5OS. The number of thioether (sulfide) groups is 1. The van der Waals surface area contributed by atoms with E-state index < -0.39 is 0 Å². The Morgan fingerprint density at radius 3 is 2.81 bits per heavy atom. The highest BCUT2D eigenvalue weighted by Crippen LogP contribution is 2.33. The molecular weight excluding hydrogens is 346 g/mol. The quantitative estimate of drug-likeness (QED) is 0.830. The lowest BCUT2D eigenvalue weighted by Gasteiger charge is -2.33. The molecule has 7 heteroatoms. The Morgan fingerprint density at radius 2 is 2.00 bits per heavy atom. The average molecular weight is 372 g/mol. The first kappa shape index (κ1) is 17.5. The highest BCUT2D eigenvalue weighted by atomic mass is 32.2. The van der Waals surface area contributed by atoms with Crippen molar-refractivity contribution in [2.75, 3.05) is 13.1 Å². The molecule has 1 fully saturated rings. The van der Waals surface area contributed by atoms with Crippen LogP contribution in [0.25, 0.3) is 0 Å². The summed E-state index contributed by atoms with van der Waals surface area (Å²) in [5.41, 5.74) is 1.30. The lowest BCUT2D eigenvalue weighted by molar-refractivity contribution is -0.134. The van der Waals surface area contributed by atoms with Gasteiger partial charge in [0, 0.05) is 29.8 Å². The minimum Gasteiger partial charge on any atom is -0.342 e. The Morgan fingerprint density at radius 1 is 1.15 bits per heavy atom. The number of aromatic nitrogens is 4. The van der Waals surface area contributed by atoms with E-state index in [1.54, 1.807) is 0 Å². The van der Waals surface area contributed by atoms with Gasteiger partial charge >= 0.3 is 0 Å². The zero-order valence-electron chi connectivity index (χ0n) is 15.2. The van der Waals surface area contributed by atoms with E-state index in [0.29, 0.717) is 5.25 Å². The number of benzene rings is 1. The van der Waals surface area contributed by atoms with Crippen molar-refractivity contribution >= 4 is 17.7 Å². The zero-order chi connectivity index (χ0) is 17.9. The number of rotatable bonds is 3. The van der Waals surface area contributed by atoms with Gasteiger partial charge in [0.1, 0.15) is 0 Å². The smallest absolute Gasteiger partial charge is 0.233 e. The van der Waals surface area contributed by atoms with Crippen LogP contribution in [-0.4, -0.2) is 49.4 Å². The first-order valence-electron chi connectivity index (χ1n) is 9.49. The van der Waals surface area contributed by atoms with Crippen LogP contribution in [0.2, 0.25) is 0 Å². The number of fused-ring (bicyclic) bond motifs is 1. The van der Waals surface area contributed by atoms with E-state index in [9.17, 15) is 4.79 Å². The van der Waals surface area contributed by atoms with Gasteiger partial charge in [0.15, 0.2) is 5.82 Å². The van der Waals surface area contributed by atoms with Crippen molar-refractivity contribution in [3.05, 3.63) is 35.7 Å². The van der Waals surface area contributed by atoms with E-state index in [1.807, 2.05) is 21.3 Å². The molecule has 6 nitrogen and oxygen atoms in total. The highest BCUT2D eigenvalue weighted by Gasteiger charge is 2.33. The first-order chi connectivity index (χ1) is 12.7. The molecule has 2 aliphatic rings. The molecule has 138 valence electrons. The summed E-state index contributed by atoms with van der Waals surface area (Å²) in [7, 11) is 0. The minimum atomic E-state index is -0.173. The summed E-state index contributed by atoms with van der Waals surface area (Å²) >= 11 is 1.95. The van der Waals surface area contributed by atoms with E-state index in [2.05, 4.69) is 46.7 Å². The van der Waals surface area contributed by atoms with Crippen molar-refractivity contribution in [2.45, 2.75) is 61.6 Å². The molecule has 3 heterocycles. The van der Waals surface area contributed by atoms with Gasteiger partial charge in [0.25, 0.3) is 0 Å². The summed E-state index contributed by atoms with van der Waals surface area (Å²) < 4.78 is 1.82. The van der Waals surface area contributed by atoms with Gasteiger partial charge in [-0.05, 0) is 55.2 Å². The van der Waals surface area contributed by atoms with Crippen molar-refractivity contribution in [3.8, 4) is 0 Å². The van der Waals surface area contributed by atoms with Gasteiger partial charge in [0.05, 0.1) is 5.92 Å². The van der Waals surface area contributed by atoms with Crippen LogP contribution in [0.3, 0.4) is 0 Å². The van der Waals surface area contributed by atoms with Gasteiger partial charge in [-0.25, -0.2) is 4.68 Å². The number of likely N-dealkylation sites (tertiary alicyclic amines) is 1. The van der Waals surface area contributed by atoms with Crippen molar-refractivity contribution in [2.24, 2.45) is 0 Å². The predicted molar refractivity (Wildman–Crippen MR) is 101 cm³/mol. The predicted octanol–water partition coefficient (Wildman–Crippen LogP) is 3.03. The molecule has 4 rings (SSSR count). The molecule has 0 unspecified atom stereocenters. The monoisotopic (exact) mass is 371 g/mol. The van der Waals surface area contributed by atoms with Crippen LogP contribution < -0.4 is 0 Å². The normalized spacial score (nSPS) is 21.3. The number of carbonyl (C=O) groups excluding carboxylic acids is 1. The molecule has 1 aromatic heterocycles. The second kappa shape index (κ2) is 7.78. The second-order valence-electron chi connectivity index (χ2n) is 7.27. The number of carbonyl (C=O) groups is 1. The molecule has 2 aliphatic heterocycles. The number of nitrogens with zero attached hydrogens (tertiary/aromatic N) is 5. The Hall–Kier alpha value is -1.89. The second-order valence-corrected chi connectivity index (χ2v) is 8.64. The molecule has 0 N–H and O–H groups in total. The molecule has 26 heavy (non-hydrogen) atoms. The van der Waals surface area contributed by atoms with E-state index in [4.69, 9.17) is 0 Å². The Kier molecular flexibility index (Phi) is 5.24. The number of hydrogen-bond acceptors (Lipinski definition) is 5. The molecule has 1 saturated heterocycles. The van der Waals surface area contributed by atoms with Crippen molar-refractivity contribution in [1.82, 2.24) is 25.1 Å². The van der Waals surface area contributed by atoms with Gasteiger partial charge in [0.2, 0.25) is 5.91 Å². The summed E-state index contributed by atoms with van der Waals surface area (Å²) in [6, 6.07) is 8.67. The van der Waals surface area contributed by atoms with E-state index in [1.165, 1.54) is 10.5 Å². The molecule has 0 saturated carbocycles. The summed E-state index contributed by atoms with van der Waals surface area (Å²) in [6.07, 6.45) is 5.03. The highest BCUT2D eigenvalue weighted by molar-refractivity contribution is 8.00. The lowest BCUT2D eigenvalue weighted by Crippen LogP contribution is -2.42. The average Bonchev–Trinajstić information content (AvgIpc) is 3.01. The van der Waals surface area contributed by atoms with Gasteiger partial charge < -0.3 is 4.90 Å². The number of aryl methyl sites for hydroxylation is 2. The van der Waals surface area contributed by atoms with Crippen LogP contribution in [0, 0.1) is 6.92 Å². The first-order valence-corrected chi connectivity index (χ1v) is 10.4. The molecule has 0 bridgehead atoms. The standard InChI is InChI=1S/C19H25N5OS/c1-14-5-4-6-16(13-14)26-15-8-11-23(12-9-15)19(25)17-7-2-3-10-24-18(17)20-21-22-24/h4-6,13,15,17H,2-3,7-12H2,1H3/t17-/m1/s1. The van der Waals surface area contributed by atoms with Gasteiger partial charge in [-0.1, -0.05) is 24.1 Å². The summed E-state index contributed by atoms with van der Waals surface area (Å²) in [4.78, 5) is 16.4. The van der Waals surface area contributed by atoms with Crippen LogP contribution in [0.15, 0.2) is 29.2 Å². The topological polar surface area (TPSA) is 63.9 Å². The fraction of sp³-hybridized carbons (Fsp3) is 0.579. The van der Waals surface area contributed by atoms with E-state index in [0.717, 1.165) is 57.6 Å². The van der Waals surface area contributed by atoms with Crippen molar-refractivity contribution in [3.63, 3.8) is 0 Å². The summed E-state index contributed by atoms with van der Waals surface area (Å²) in [5, 5.41) is 12.5. The largest absolute Gasteiger partial charge is 0.342 e. The molecule has 0 radical (unpaired) electrons. The van der Waals surface area contributed by atoms with Crippen molar-refractivity contribution < 1.29 is 4.79 Å². The third kappa shape index (κ3) is 3.77. The maximum Gasteiger partial charge on any atom is 0.233 e. The fourth-order valence-electron chi connectivity index (χ4n) is 3.89. The van der Waals surface area contributed by atoms with Crippen LogP contribution in [-0.2, 0) is 11.3 Å². The Balaban J connectivity index is 1.37. The molecule has 0 spiro atoms. The maximum absolute atomic E-state index is 13.1. The third-order valence-electron chi connectivity index (χ3n) is 5.33. The number of amides is 1. The minimum absolute atomic E-state index is 0.173. The van der Waals surface area contributed by atoms with E-state index in [-0.39, 0.29) is 11.8 Å². The number of hydrogen-bond donors (Lipinski definition) is 0. The molecule has 2 aromatic rings. The summed E-state index contributed by atoms with van der Waals surface area (Å²) in [6.45, 7) is 4.62. The maximum atomic E-state index is 13.1. The van der Waals surface area contributed by atoms with Gasteiger partial charge in [-0.2, -0.15) is 0 Å². The fourth-order valence-corrected chi connectivity index (χ4v) is 5.13. The summed E-state index contributed by atoms with van der Waals surface area (Å²) in [5.74, 6) is 0.791.